The largest absolute Gasteiger partial charge is 0.496 e. The number of rotatable bonds is 7. The summed E-state index contributed by atoms with van der Waals surface area (Å²) in [5, 5.41) is 2.57. The van der Waals surface area contributed by atoms with Crippen molar-refractivity contribution in [2.24, 2.45) is 0 Å². The van der Waals surface area contributed by atoms with Crippen molar-refractivity contribution >= 4 is 11.7 Å². The number of carbonyl (C=O) groups excluding carboxylic acids is 2. The molecule has 0 fully saturated rings. The number of ether oxygens (including phenoxy) is 1. The molecular weight excluding hydrogens is 361 g/mol. The summed E-state index contributed by atoms with van der Waals surface area (Å²) in [6.07, 6.45) is -2.64. The molecule has 0 atom stereocenters. The van der Waals surface area contributed by atoms with E-state index in [2.05, 4.69) is 10.3 Å². The number of aromatic nitrogens is 1. The standard InChI is InChI=1S/C19H19F3N2O3/c1-3-15(25)10-14-9-13(6-7-23-14)18(26)24-11-12-4-5-17(27-2)16(8-12)19(20,21)22/h4-9H,3,10-11H2,1-2H3,(H,24,26). The van der Waals surface area contributed by atoms with Gasteiger partial charge in [-0.2, -0.15) is 13.2 Å². The molecule has 144 valence electrons. The number of carbonyl (C=O) groups is 2. The van der Waals surface area contributed by atoms with Crippen LogP contribution < -0.4 is 10.1 Å². The van der Waals surface area contributed by atoms with Gasteiger partial charge in [0.2, 0.25) is 0 Å². The van der Waals surface area contributed by atoms with Gasteiger partial charge in [-0.15, -0.1) is 0 Å². The Kier molecular flexibility index (Phi) is 6.55. The number of pyridine rings is 1. The van der Waals surface area contributed by atoms with Crippen LogP contribution in [0.3, 0.4) is 0 Å². The minimum atomic E-state index is -4.56. The van der Waals surface area contributed by atoms with Gasteiger partial charge in [-0.1, -0.05) is 13.0 Å². The van der Waals surface area contributed by atoms with Gasteiger partial charge in [0.1, 0.15) is 11.5 Å². The number of benzene rings is 1. The van der Waals surface area contributed by atoms with Gasteiger partial charge in [0.25, 0.3) is 5.91 Å². The molecule has 0 saturated carbocycles. The highest BCUT2D eigenvalue weighted by atomic mass is 19.4. The molecule has 0 aliphatic carbocycles. The lowest BCUT2D eigenvalue weighted by Crippen LogP contribution is -2.23. The predicted molar refractivity (Wildman–Crippen MR) is 92.4 cm³/mol. The van der Waals surface area contributed by atoms with E-state index in [1.807, 2.05) is 0 Å². The zero-order chi connectivity index (χ0) is 20.0. The molecule has 0 aliphatic rings. The van der Waals surface area contributed by atoms with Crippen molar-refractivity contribution in [1.29, 1.82) is 0 Å². The second-order valence-corrected chi connectivity index (χ2v) is 5.82. The zero-order valence-electron chi connectivity index (χ0n) is 14.9. The molecule has 0 saturated heterocycles. The van der Waals surface area contributed by atoms with Gasteiger partial charge in [-0.25, -0.2) is 0 Å². The predicted octanol–water partition coefficient (Wildman–Crippen LogP) is 3.56. The summed E-state index contributed by atoms with van der Waals surface area (Å²) in [5.74, 6) is -0.748. The average Bonchev–Trinajstić information content (AvgIpc) is 2.65. The quantitative estimate of drug-likeness (QED) is 0.798. The van der Waals surface area contributed by atoms with Crippen LogP contribution >= 0.6 is 0 Å². The van der Waals surface area contributed by atoms with E-state index < -0.39 is 17.6 Å². The second kappa shape index (κ2) is 8.66. The Balaban J connectivity index is 2.10. The highest BCUT2D eigenvalue weighted by Crippen LogP contribution is 2.36. The van der Waals surface area contributed by atoms with Crippen LogP contribution in [-0.2, 0) is 23.9 Å². The third kappa shape index (κ3) is 5.54. The van der Waals surface area contributed by atoms with Crippen molar-refractivity contribution in [1.82, 2.24) is 10.3 Å². The first kappa shape index (κ1) is 20.4. The van der Waals surface area contributed by atoms with E-state index in [0.29, 0.717) is 12.1 Å². The van der Waals surface area contributed by atoms with Crippen LogP contribution in [0.25, 0.3) is 0 Å². The Bertz CT molecular complexity index is 835. The summed E-state index contributed by atoms with van der Waals surface area (Å²) in [6.45, 7) is 1.65. The van der Waals surface area contributed by atoms with Crippen LogP contribution in [0.15, 0.2) is 36.5 Å². The van der Waals surface area contributed by atoms with Crippen LogP contribution in [-0.4, -0.2) is 23.8 Å². The van der Waals surface area contributed by atoms with Crippen molar-refractivity contribution < 1.29 is 27.5 Å². The first-order valence-corrected chi connectivity index (χ1v) is 8.23. The van der Waals surface area contributed by atoms with Crippen molar-refractivity contribution in [2.75, 3.05) is 7.11 Å². The molecule has 0 bridgehead atoms. The van der Waals surface area contributed by atoms with Gasteiger partial charge in [-0.3, -0.25) is 14.6 Å². The number of alkyl halides is 3. The van der Waals surface area contributed by atoms with Crippen LogP contribution in [0, 0.1) is 0 Å². The van der Waals surface area contributed by atoms with E-state index in [1.165, 1.54) is 30.5 Å². The monoisotopic (exact) mass is 380 g/mol. The molecule has 8 heteroatoms. The molecule has 5 nitrogen and oxygen atoms in total. The van der Waals surface area contributed by atoms with E-state index >= 15 is 0 Å². The first-order chi connectivity index (χ1) is 12.7. The molecule has 1 aromatic heterocycles. The van der Waals surface area contributed by atoms with Gasteiger partial charge in [0.15, 0.2) is 0 Å². The molecular formula is C19H19F3N2O3. The van der Waals surface area contributed by atoms with Gasteiger partial charge in [0, 0.05) is 36.8 Å². The maximum absolute atomic E-state index is 13.1. The van der Waals surface area contributed by atoms with E-state index in [9.17, 15) is 22.8 Å². The number of nitrogens with one attached hydrogen (secondary N) is 1. The minimum Gasteiger partial charge on any atom is -0.496 e. The van der Waals surface area contributed by atoms with E-state index in [1.54, 1.807) is 6.92 Å². The molecule has 27 heavy (non-hydrogen) atoms. The topological polar surface area (TPSA) is 68.3 Å². The summed E-state index contributed by atoms with van der Waals surface area (Å²) in [4.78, 5) is 27.8. The smallest absolute Gasteiger partial charge is 0.419 e. The fourth-order valence-electron chi connectivity index (χ4n) is 2.41. The number of ketones is 1. The zero-order valence-corrected chi connectivity index (χ0v) is 14.9. The molecule has 1 heterocycles. The van der Waals surface area contributed by atoms with E-state index in [-0.39, 0.29) is 35.6 Å². The second-order valence-electron chi connectivity index (χ2n) is 5.82. The highest BCUT2D eigenvalue weighted by molar-refractivity contribution is 5.94. The van der Waals surface area contributed by atoms with Gasteiger partial charge < -0.3 is 10.1 Å². The molecule has 0 spiro atoms. The number of methoxy groups -OCH3 is 1. The maximum Gasteiger partial charge on any atom is 0.419 e. The molecule has 1 N–H and O–H groups in total. The Morgan fingerprint density at radius 2 is 1.93 bits per heavy atom. The van der Waals surface area contributed by atoms with Gasteiger partial charge in [0.05, 0.1) is 12.7 Å². The summed E-state index contributed by atoms with van der Waals surface area (Å²) >= 11 is 0. The van der Waals surface area contributed by atoms with Crippen molar-refractivity contribution in [3.8, 4) is 5.75 Å². The van der Waals surface area contributed by atoms with E-state index in [0.717, 1.165) is 13.2 Å². The van der Waals surface area contributed by atoms with Crippen molar-refractivity contribution in [3.63, 3.8) is 0 Å². The fourth-order valence-corrected chi connectivity index (χ4v) is 2.41. The number of hydrogen-bond acceptors (Lipinski definition) is 4. The van der Waals surface area contributed by atoms with Crippen LogP contribution in [0.1, 0.15) is 40.5 Å². The third-order valence-corrected chi connectivity index (χ3v) is 3.87. The molecule has 2 rings (SSSR count). The molecule has 0 aliphatic heterocycles. The molecule has 1 amide bonds. The third-order valence-electron chi connectivity index (χ3n) is 3.87. The number of nitrogens with zero attached hydrogens (tertiary/aromatic N) is 1. The Morgan fingerprint density at radius 1 is 1.19 bits per heavy atom. The van der Waals surface area contributed by atoms with E-state index in [4.69, 9.17) is 4.74 Å². The average molecular weight is 380 g/mol. The van der Waals surface area contributed by atoms with Crippen LogP contribution in [0.2, 0.25) is 0 Å². The lowest BCUT2D eigenvalue weighted by atomic mass is 10.1. The Hall–Kier alpha value is -2.90. The van der Waals surface area contributed by atoms with Crippen molar-refractivity contribution in [3.05, 3.63) is 58.9 Å². The summed E-state index contributed by atoms with van der Waals surface area (Å²) in [6, 6.07) is 6.58. The number of hydrogen-bond donors (Lipinski definition) is 1. The highest BCUT2D eigenvalue weighted by Gasteiger charge is 2.34. The normalized spacial score (nSPS) is 11.1. The summed E-state index contributed by atoms with van der Waals surface area (Å²) < 4.78 is 43.9. The number of amides is 1. The van der Waals surface area contributed by atoms with Crippen molar-refractivity contribution in [2.45, 2.75) is 32.5 Å². The number of Topliss-reactive ketones (excluding diaryl/α,β-unsaturated/α-hetero) is 1. The minimum absolute atomic E-state index is 0.00188. The lowest BCUT2D eigenvalue weighted by Gasteiger charge is -2.14. The molecule has 0 unspecified atom stereocenters. The maximum atomic E-state index is 13.1. The van der Waals surface area contributed by atoms with Gasteiger partial charge >= 0.3 is 6.18 Å². The summed E-state index contributed by atoms with van der Waals surface area (Å²) in [7, 11) is 1.16. The Labute approximate surface area is 154 Å². The first-order valence-electron chi connectivity index (χ1n) is 8.23. The molecule has 1 aromatic carbocycles. The van der Waals surface area contributed by atoms with Crippen LogP contribution in [0.4, 0.5) is 13.2 Å². The summed E-state index contributed by atoms with van der Waals surface area (Å²) in [5.41, 5.74) is 0.139. The van der Waals surface area contributed by atoms with Gasteiger partial charge in [-0.05, 0) is 29.8 Å². The van der Waals surface area contributed by atoms with Crippen LogP contribution in [0.5, 0.6) is 5.75 Å². The lowest BCUT2D eigenvalue weighted by molar-refractivity contribution is -0.138. The fraction of sp³-hybridized carbons (Fsp3) is 0.316. The molecule has 0 radical (unpaired) electrons. The Morgan fingerprint density at radius 3 is 2.56 bits per heavy atom. The number of halogens is 3. The SMILES string of the molecule is CCC(=O)Cc1cc(C(=O)NCc2ccc(OC)c(C(F)(F)F)c2)ccn1. The molecule has 2 aromatic rings.